The first-order valence-corrected chi connectivity index (χ1v) is 11.6. The highest BCUT2D eigenvalue weighted by Crippen LogP contribution is 2.53. The van der Waals surface area contributed by atoms with Crippen molar-refractivity contribution in [2.24, 2.45) is 11.8 Å². The van der Waals surface area contributed by atoms with E-state index in [9.17, 15) is 14.4 Å². The summed E-state index contributed by atoms with van der Waals surface area (Å²) in [5.41, 5.74) is 0.658. The van der Waals surface area contributed by atoms with Gasteiger partial charge in [0, 0.05) is 31.7 Å². The molecule has 2 aromatic rings. The van der Waals surface area contributed by atoms with Gasteiger partial charge in [0.05, 0.1) is 5.92 Å². The van der Waals surface area contributed by atoms with E-state index in [1.54, 1.807) is 24.1 Å². The molecule has 2 heterocycles. The molecule has 1 N–H and O–H groups in total. The minimum atomic E-state index is -1.16. The Morgan fingerprint density at radius 1 is 1.09 bits per heavy atom. The predicted octanol–water partition coefficient (Wildman–Crippen LogP) is 2.57. The van der Waals surface area contributed by atoms with E-state index in [2.05, 4.69) is 5.32 Å². The lowest BCUT2D eigenvalue weighted by atomic mass is 9.71. The largest absolute Gasteiger partial charge is 0.484 e. The minimum absolute atomic E-state index is 0.113. The molecule has 0 radical (unpaired) electrons. The molecule has 3 aliphatic rings. The molecule has 7 heteroatoms. The summed E-state index contributed by atoms with van der Waals surface area (Å²) < 4.78 is 5.72. The average molecular weight is 448 g/mol. The summed E-state index contributed by atoms with van der Waals surface area (Å²) in [6.45, 7) is 2.45. The van der Waals surface area contributed by atoms with Crippen molar-refractivity contribution in [2.45, 2.75) is 31.2 Å². The Labute approximate surface area is 193 Å². The zero-order chi connectivity index (χ0) is 23.2. The van der Waals surface area contributed by atoms with Gasteiger partial charge in [-0.2, -0.15) is 0 Å². The van der Waals surface area contributed by atoms with Crippen molar-refractivity contribution in [2.75, 3.05) is 31.6 Å². The number of ether oxygens (including phenoxy) is 1. The second-order valence-corrected chi connectivity index (χ2v) is 9.37. The number of hydrogen-bond acceptors (Lipinski definition) is 4. The normalized spacial score (nSPS) is 25.9. The van der Waals surface area contributed by atoms with Crippen molar-refractivity contribution in [1.29, 1.82) is 0 Å². The Kier molecular flexibility index (Phi) is 5.35. The molecule has 2 fully saturated rings. The monoisotopic (exact) mass is 447 g/mol. The number of nitrogens with one attached hydrogen (secondary N) is 1. The molecule has 1 saturated carbocycles. The minimum Gasteiger partial charge on any atom is -0.484 e. The number of amides is 3. The zero-order valence-corrected chi connectivity index (χ0v) is 19.0. The Bertz CT molecular complexity index is 1080. The third-order valence-electron chi connectivity index (χ3n) is 7.32. The molecule has 0 aromatic heterocycles. The predicted molar refractivity (Wildman–Crippen MR) is 124 cm³/mol. The molecule has 0 spiro atoms. The van der Waals surface area contributed by atoms with Gasteiger partial charge in [0.2, 0.25) is 5.91 Å². The van der Waals surface area contributed by atoms with E-state index in [0.29, 0.717) is 18.2 Å². The van der Waals surface area contributed by atoms with Gasteiger partial charge in [0.1, 0.15) is 11.3 Å². The molecule has 3 amide bonds. The maximum atomic E-state index is 14.1. The van der Waals surface area contributed by atoms with Crippen LogP contribution in [0.5, 0.6) is 5.75 Å². The fourth-order valence-corrected chi connectivity index (χ4v) is 5.46. The molecular formula is C26H29N3O4. The highest BCUT2D eigenvalue weighted by atomic mass is 16.5. The molecule has 2 aliphatic heterocycles. The summed E-state index contributed by atoms with van der Waals surface area (Å²) in [5.74, 6) is -0.432. The molecule has 5 rings (SSSR count). The van der Waals surface area contributed by atoms with E-state index in [1.165, 1.54) is 0 Å². The molecule has 1 saturated heterocycles. The lowest BCUT2D eigenvalue weighted by Crippen LogP contribution is -2.62. The third kappa shape index (κ3) is 3.56. The van der Waals surface area contributed by atoms with E-state index in [0.717, 1.165) is 24.1 Å². The Morgan fingerprint density at radius 3 is 2.48 bits per heavy atom. The van der Waals surface area contributed by atoms with Crippen LogP contribution >= 0.6 is 0 Å². The molecule has 0 unspecified atom stereocenters. The Hall–Kier alpha value is -3.35. The van der Waals surface area contributed by atoms with E-state index < -0.39 is 17.4 Å². The summed E-state index contributed by atoms with van der Waals surface area (Å²) in [6.07, 6.45) is 2.22. The second kappa shape index (κ2) is 8.21. The number of nitrogens with zero attached hydrogens (tertiary/aromatic N) is 2. The second-order valence-electron chi connectivity index (χ2n) is 9.37. The van der Waals surface area contributed by atoms with E-state index in [4.69, 9.17) is 4.74 Å². The number of fused-ring (bicyclic) bond motifs is 3. The maximum Gasteiger partial charge on any atom is 0.261 e. The number of anilines is 1. The van der Waals surface area contributed by atoms with Crippen LogP contribution in [-0.2, 0) is 14.4 Å². The highest BCUT2D eigenvalue weighted by molar-refractivity contribution is 6.07. The van der Waals surface area contributed by atoms with Crippen LogP contribution in [0.3, 0.4) is 0 Å². The first-order valence-electron chi connectivity index (χ1n) is 11.6. The third-order valence-corrected chi connectivity index (χ3v) is 7.32. The molecular weight excluding hydrogens is 418 g/mol. The van der Waals surface area contributed by atoms with Crippen LogP contribution in [0, 0.1) is 11.8 Å². The number of likely N-dealkylation sites (tertiary alicyclic amines) is 1. The zero-order valence-electron chi connectivity index (χ0n) is 19.0. The number of rotatable bonds is 6. The van der Waals surface area contributed by atoms with Crippen LogP contribution in [0.25, 0.3) is 0 Å². The van der Waals surface area contributed by atoms with Gasteiger partial charge in [-0.15, -0.1) is 0 Å². The smallest absolute Gasteiger partial charge is 0.261 e. The molecule has 2 aromatic carbocycles. The summed E-state index contributed by atoms with van der Waals surface area (Å²) in [4.78, 5) is 43.9. The fraction of sp³-hybridized carbons (Fsp3) is 0.423. The molecule has 7 nitrogen and oxygen atoms in total. The van der Waals surface area contributed by atoms with Crippen LogP contribution < -0.4 is 15.0 Å². The van der Waals surface area contributed by atoms with Gasteiger partial charge in [-0.1, -0.05) is 36.4 Å². The average Bonchev–Trinajstić information content (AvgIpc) is 3.61. The SMILES string of the molecule is CNC(=O)[C@H]1CN(C(=O)COc2ccccc2)[C@]2(C)C(=O)N(CC3CC3)c3ccccc3[C@H]12. The summed E-state index contributed by atoms with van der Waals surface area (Å²) in [7, 11) is 1.60. The van der Waals surface area contributed by atoms with Gasteiger partial charge in [0.15, 0.2) is 6.61 Å². The van der Waals surface area contributed by atoms with Gasteiger partial charge in [0.25, 0.3) is 11.8 Å². The van der Waals surface area contributed by atoms with Crippen molar-refractivity contribution in [3.63, 3.8) is 0 Å². The number of hydrogen-bond donors (Lipinski definition) is 1. The van der Waals surface area contributed by atoms with Crippen molar-refractivity contribution < 1.29 is 19.1 Å². The van der Waals surface area contributed by atoms with Crippen LogP contribution in [0.1, 0.15) is 31.2 Å². The van der Waals surface area contributed by atoms with Crippen molar-refractivity contribution in [1.82, 2.24) is 10.2 Å². The van der Waals surface area contributed by atoms with Crippen LogP contribution in [-0.4, -0.2) is 54.9 Å². The summed E-state index contributed by atoms with van der Waals surface area (Å²) in [6, 6.07) is 16.9. The fourth-order valence-electron chi connectivity index (χ4n) is 5.46. The van der Waals surface area contributed by atoms with Crippen LogP contribution in [0.2, 0.25) is 0 Å². The van der Waals surface area contributed by atoms with Crippen molar-refractivity contribution in [3.8, 4) is 5.75 Å². The Morgan fingerprint density at radius 2 is 1.79 bits per heavy atom. The molecule has 172 valence electrons. The van der Waals surface area contributed by atoms with Crippen LogP contribution in [0.4, 0.5) is 5.69 Å². The molecule has 33 heavy (non-hydrogen) atoms. The highest BCUT2D eigenvalue weighted by Gasteiger charge is 2.63. The molecule has 0 bridgehead atoms. The summed E-state index contributed by atoms with van der Waals surface area (Å²) in [5, 5.41) is 2.74. The number of para-hydroxylation sites is 2. The van der Waals surface area contributed by atoms with Crippen molar-refractivity contribution in [3.05, 3.63) is 60.2 Å². The summed E-state index contributed by atoms with van der Waals surface area (Å²) >= 11 is 0. The Balaban J connectivity index is 1.53. The van der Waals surface area contributed by atoms with Crippen LogP contribution in [0.15, 0.2) is 54.6 Å². The number of carbonyl (C=O) groups excluding carboxylic acids is 3. The van der Waals surface area contributed by atoms with Gasteiger partial charge in [-0.3, -0.25) is 14.4 Å². The van der Waals surface area contributed by atoms with Gasteiger partial charge in [-0.25, -0.2) is 0 Å². The van der Waals surface area contributed by atoms with Gasteiger partial charge < -0.3 is 19.9 Å². The lowest BCUT2D eigenvalue weighted by molar-refractivity contribution is -0.145. The number of carbonyl (C=O) groups is 3. The van der Waals surface area contributed by atoms with Gasteiger partial charge >= 0.3 is 0 Å². The molecule has 1 aliphatic carbocycles. The van der Waals surface area contributed by atoms with Crippen molar-refractivity contribution >= 4 is 23.4 Å². The number of benzene rings is 2. The standard InChI is InChI=1S/C26H29N3O4/c1-26-23(19-10-6-7-11-21(19)28(25(26)32)14-17-12-13-17)20(24(31)27-2)15-29(26)22(30)16-33-18-8-4-3-5-9-18/h3-11,17,20,23H,12-16H2,1-2H3,(H,27,31)/t20-,23+,26-/m0/s1. The van der Waals surface area contributed by atoms with E-state index in [-0.39, 0.29) is 30.9 Å². The topological polar surface area (TPSA) is 79.0 Å². The van der Waals surface area contributed by atoms with E-state index in [1.807, 2.05) is 54.3 Å². The van der Waals surface area contributed by atoms with E-state index >= 15 is 0 Å². The maximum absolute atomic E-state index is 14.1. The van der Waals surface area contributed by atoms with Gasteiger partial charge in [-0.05, 0) is 49.4 Å². The first-order chi connectivity index (χ1) is 15.9. The first kappa shape index (κ1) is 21.5. The molecule has 3 atom stereocenters. The quantitative estimate of drug-likeness (QED) is 0.738. The lowest BCUT2D eigenvalue weighted by Gasteiger charge is -2.46.